The average Bonchev–Trinajstić information content (AvgIpc) is 3.20. The third kappa shape index (κ3) is 5.62. The van der Waals surface area contributed by atoms with E-state index in [-0.39, 0.29) is 24.5 Å². The van der Waals surface area contributed by atoms with Crippen LogP contribution in [-0.4, -0.2) is 43.8 Å². The van der Waals surface area contributed by atoms with Gasteiger partial charge in [0.2, 0.25) is 10.0 Å². The van der Waals surface area contributed by atoms with Crippen LogP contribution in [0.25, 0.3) is 0 Å². The Morgan fingerprint density at radius 2 is 1.93 bits per heavy atom. The first-order valence-electron chi connectivity index (χ1n) is 9.01. The maximum Gasteiger partial charge on any atom is 0.341 e. The zero-order valence-electron chi connectivity index (χ0n) is 16.3. The molecular weight excluding hydrogens is 419 g/mol. The lowest BCUT2D eigenvalue weighted by atomic mass is 10.2. The zero-order chi connectivity index (χ0) is 21.6. The van der Waals surface area contributed by atoms with E-state index in [9.17, 15) is 22.4 Å². The summed E-state index contributed by atoms with van der Waals surface area (Å²) in [4.78, 5) is 25.2. The van der Waals surface area contributed by atoms with Gasteiger partial charge >= 0.3 is 5.97 Å². The van der Waals surface area contributed by atoms with E-state index in [1.807, 2.05) is 17.5 Å². The molecule has 10 heteroatoms. The average molecular weight is 443 g/mol. The van der Waals surface area contributed by atoms with Crippen LogP contribution in [0.5, 0.6) is 0 Å². The molecule has 0 saturated heterocycles. The molecule has 1 aromatic heterocycles. The molecule has 0 fully saturated rings. The number of ether oxygens (including phenoxy) is 1. The Hall–Kier alpha value is -2.30. The lowest BCUT2D eigenvalue weighted by Gasteiger charge is -2.19. The van der Waals surface area contributed by atoms with Crippen LogP contribution in [0, 0.1) is 5.82 Å². The van der Waals surface area contributed by atoms with E-state index in [0.29, 0.717) is 0 Å². The van der Waals surface area contributed by atoms with Crippen LogP contribution in [0.4, 0.5) is 4.39 Å². The number of halogens is 1. The van der Waals surface area contributed by atoms with Crippen LogP contribution < -0.4 is 5.32 Å². The number of benzene rings is 1. The highest BCUT2D eigenvalue weighted by Gasteiger charge is 2.26. The quantitative estimate of drug-likeness (QED) is 0.603. The standard InChI is InChI=1S/C19H23FN2O5S2/c1-4-22(5-2)29(25,26)15-8-9-17(20)16(11-15)19(24)27-13(3)18(23)21-12-14-7-6-10-28-14/h6-11,13H,4-5,12H2,1-3H3,(H,21,23). The molecule has 158 valence electrons. The molecule has 1 aromatic carbocycles. The number of nitrogens with one attached hydrogen (secondary N) is 1. The molecule has 1 atom stereocenters. The third-order valence-corrected chi connectivity index (χ3v) is 7.09. The Kier molecular flexibility index (Phi) is 7.88. The highest BCUT2D eigenvalue weighted by atomic mass is 32.2. The molecule has 0 aliphatic rings. The van der Waals surface area contributed by atoms with Crippen molar-refractivity contribution >= 4 is 33.2 Å². The van der Waals surface area contributed by atoms with Gasteiger partial charge < -0.3 is 10.1 Å². The summed E-state index contributed by atoms with van der Waals surface area (Å²) in [5, 5.41) is 4.49. The third-order valence-electron chi connectivity index (χ3n) is 4.17. The van der Waals surface area contributed by atoms with Crippen molar-refractivity contribution in [1.82, 2.24) is 9.62 Å². The minimum absolute atomic E-state index is 0.218. The van der Waals surface area contributed by atoms with Gasteiger partial charge in [-0.25, -0.2) is 17.6 Å². The Balaban J connectivity index is 2.12. The molecule has 0 aliphatic carbocycles. The zero-order valence-corrected chi connectivity index (χ0v) is 18.0. The predicted molar refractivity (Wildman–Crippen MR) is 108 cm³/mol. The number of thiophene rings is 1. The molecule has 29 heavy (non-hydrogen) atoms. The van der Waals surface area contributed by atoms with Crippen molar-refractivity contribution in [2.45, 2.75) is 38.3 Å². The number of amides is 1. The minimum atomic E-state index is -3.87. The first-order valence-corrected chi connectivity index (χ1v) is 11.3. The van der Waals surface area contributed by atoms with Gasteiger partial charge in [-0.1, -0.05) is 19.9 Å². The number of sulfonamides is 1. The van der Waals surface area contributed by atoms with Crippen LogP contribution in [0.1, 0.15) is 36.0 Å². The van der Waals surface area contributed by atoms with Gasteiger partial charge in [0.05, 0.1) is 17.0 Å². The number of carbonyl (C=O) groups is 2. The number of hydrogen-bond acceptors (Lipinski definition) is 6. The summed E-state index contributed by atoms with van der Waals surface area (Å²) in [6, 6.07) is 6.61. The number of esters is 1. The number of carbonyl (C=O) groups excluding carboxylic acids is 2. The molecule has 0 saturated carbocycles. The first kappa shape index (κ1) is 23.0. The highest BCUT2D eigenvalue weighted by molar-refractivity contribution is 7.89. The number of rotatable bonds is 9. The first-order chi connectivity index (χ1) is 13.7. The van der Waals surface area contributed by atoms with E-state index in [4.69, 9.17) is 4.74 Å². The van der Waals surface area contributed by atoms with Crippen molar-refractivity contribution in [3.8, 4) is 0 Å². The second-order valence-corrected chi connectivity index (χ2v) is 9.05. The van der Waals surface area contributed by atoms with Gasteiger partial charge in [0, 0.05) is 18.0 Å². The van der Waals surface area contributed by atoms with Gasteiger partial charge in [0.15, 0.2) is 6.10 Å². The summed E-state index contributed by atoms with van der Waals surface area (Å²) >= 11 is 1.47. The molecule has 1 unspecified atom stereocenters. The second kappa shape index (κ2) is 9.95. The molecule has 0 spiro atoms. The summed E-state index contributed by atoms with van der Waals surface area (Å²) in [6.45, 7) is 5.46. The largest absolute Gasteiger partial charge is 0.449 e. The fourth-order valence-electron chi connectivity index (χ4n) is 2.54. The van der Waals surface area contributed by atoms with Crippen LogP contribution in [0.15, 0.2) is 40.6 Å². The van der Waals surface area contributed by atoms with E-state index in [1.165, 1.54) is 22.6 Å². The predicted octanol–water partition coefficient (Wildman–Crippen LogP) is 2.78. The van der Waals surface area contributed by atoms with Crippen molar-refractivity contribution in [1.29, 1.82) is 0 Å². The SMILES string of the molecule is CCN(CC)S(=O)(=O)c1ccc(F)c(C(=O)OC(C)C(=O)NCc2cccs2)c1. The van der Waals surface area contributed by atoms with E-state index < -0.39 is 39.4 Å². The maximum absolute atomic E-state index is 14.2. The van der Waals surface area contributed by atoms with Gasteiger partial charge in [0.1, 0.15) is 5.82 Å². The maximum atomic E-state index is 14.2. The fourth-order valence-corrected chi connectivity index (χ4v) is 4.67. The van der Waals surface area contributed by atoms with Crippen molar-refractivity contribution in [3.63, 3.8) is 0 Å². The molecule has 2 aromatic rings. The van der Waals surface area contributed by atoms with Crippen LogP contribution in [0.3, 0.4) is 0 Å². The van der Waals surface area contributed by atoms with E-state index in [2.05, 4.69) is 5.32 Å². The van der Waals surface area contributed by atoms with Crippen molar-refractivity contribution in [2.24, 2.45) is 0 Å². The lowest BCUT2D eigenvalue weighted by molar-refractivity contribution is -0.129. The fraction of sp³-hybridized carbons (Fsp3) is 0.368. The summed E-state index contributed by atoms with van der Waals surface area (Å²) in [5.74, 6) is -2.59. The van der Waals surface area contributed by atoms with Gasteiger partial charge in [-0.15, -0.1) is 11.3 Å². The Labute approximate surface area is 173 Å². The minimum Gasteiger partial charge on any atom is -0.449 e. The van der Waals surface area contributed by atoms with E-state index in [0.717, 1.165) is 23.1 Å². The van der Waals surface area contributed by atoms with Gasteiger partial charge in [-0.05, 0) is 36.6 Å². The van der Waals surface area contributed by atoms with E-state index >= 15 is 0 Å². The summed E-state index contributed by atoms with van der Waals surface area (Å²) in [7, 11) is -3.87. The van der Waals surface area contributed by atoms with Crippen molar-refractivity contribution < 1.29 is 27.1 Å². The summed E-state index contributed by atoms with van der Waals surface area (Å²) < 4.78 is 45.6. The normalized spacial score (nSPS) is 12.6. The highest BCUT2D eigenvalue weighted by Crippen LogP contribution is 2.20. The molecule has 0 radical (unpaired) electrons. The molecule has 1 heterocycles. The molecule has 0 aliphatic heterocycles. The molecule has 1 N–H and O–H groups in total. The molecule has 0 bridgehead atoms. The van der Waals surface area contributed by atoms with Crippen LogP contribution in [0.2, 0.25) is 0 Å². The van der Waals surface area contributed by atoms with Crippen LogP contribution in [-0.2, 0) is 26.1 Å². The molecule has 7 nitrogen and oxygen atoms in total. The molecule has 1 amide bonds. The van der Waals surface area contributed by atoms with Crippen molar-refractivity contribution in [3.05, 3.63) is 52.0 Å². The number of hydrogen-bond donors (Lipinski definition) is 1. The number of nitrogens with zero attached hydrogens (tertiary/aromatic N) is 1. The topological polar surface area (TPSA) is 92.8 Å². The second-order valence-electron chi connectivity index (χ2n) is 6.08. The smallest absolute Gasteiger partial charge is 0.341 e. The Morgan fingerprint density at radius 1 is 1.24 bits per heavy atom. The van der Waals surface area contributed by atoms with E-state index in [1.54, 1.807) is 13.8 Å². The van der Waals surface area contributed by atoms with Gasteiger partial charge in [0.25, 0.3) is 5.91 Å². The lowest BCUT2D eigenvalue weighted by Crippen LogP contribution is -2.35. The van der Waals surface area contributed by atoms with Gasteiger partial charge in [-0.3, -0.25) is 4.79 Å². The summed E-state index contributed by atoms with van der Waals surface area (Å²) in [6.07, 6.45) is -1.18. The Bertz CT molecular complexity index is 957. The monoisotopic (exact) mass is 442 g/mol. The molecular formula is C19H23FN2O5S2. The Morgan fingerprint density at radius 3 is 2.52 bits per heavy atom. The van der Waals surface area contributed by atoms with Crippen molar-refractivity contribution in [2.75, 3.05) is 13.1 Å². The van der Waals surface area contributed by atoms with Gasteiger partial charge in [-0.2, -0.15) is 4.31 Å². The van der Waals surface area contributed by atoms with Crippen LogP contribution >= 0.6 is 11.3 Å². The molecule has 2 rings (SSSR count). The summed E-state index contributed by atoms with van der Waals surface area (Å²) in [5.41, 5.74) is -0.545.